The predicted octanol–water partition coefficient (Wildman–Crippen LogP) is 2.86. The van der Waals surface area contributed by atoms with Gasteiger partial charge < -0.3 is 10.2 Å². The smallest absolute Gasteiger partial charge is 0.242 e. The van der Waals surface area contributed by atoms with E-state index >= 15 is 0 Å². The summed E-state index contributed by atoms with van der Waals surface area (Å²) in [5.74, 6) is -0.110. The van der Waals surface area contributed by atoms with E-state index in [1.807, 2.05) is 38.1 Å². The average Bonchev–Trinajstić information content (AvgIpc) is 3.11. The molecule has 1 heterocycles. The highest BCUT2D eigenvalue weighted by atomic mass is 32.2. The molecule has 1 saturated heterocycles. The van der Waals surface area contributed by atoms with Gasteiger partial charge in [0.05, 0.1) is 11.3 Å². The molecule has 2 aromatic carbocycles. The highest BCUT2D eigenvalue weighted by Gasteiger charge is 2.22. The molecule has 30 heavy (non-hydrogen) atoms. The van der Waals surface area contributed by atoms with Crippen molar-refractivity contribution in [2.45, 2.75) is 38.0 Å². The topological polar surface area (TPSA) is 86.8 Å². The fourth-order valence-electron chi connectivity index (χ4n) is 3.41. The van der Waals surface area contributed by atoms with Gasteiger partial charge in [0.2, 0.25) is 21.8 Å². The third kappa shape index (κ3) is 4.55. The minimum atomic E-state index is -3.60. The molecule has 8 heteroatoms. The van der Waals surface area contributed by atoms with E-state index in [1.165, 1.54) is 20.2 Å². The molecule has 0 saturated carbocycles. The summed E-state index contributed by atoms with van der Waals surface area (Å²) in [6.07, 6.45) is 1.59. The van der Waals surface area contributed by atoms with E-state index in [0.717, 1.165) is 39.6 Å². The van der Waals surface area contributed by atoms with Crippen molar-refractivity contribution in [2.24, 2.45) is 0 Å². The van der Waals surface area contributed by atoms with E-state index < -0.39 is 10.0 Å². The third-order valence-electron chi connectivity index (χ3n) is 5.38. The predicted molar refractivity (Wildman–Crippen MR) is 117 cm³/mol. The van der Waals surface area contributed by atoms with Crippen LogP contribution in [0.1, 0.15) is 29.5 Å². The molecule has 3 rings (SSSR count). The number of carbonyl (C=O) groups excluding carboxylic acids is 2. The molecule has 0 unspecified atom stereocenters. The Morgan fingerprint density at radius 1 is 1.13 bits per heavy atom. The van der Waals surface area contributed by atoms with Crippen LogP contribution in [0, 0.1) is 13.8 Å². The maximum absolute atomic E-state index is 12.6. The molecule has 7 nitrogen and oxygen atoms in total. The summed E-state index contributed by atoms with van der Waals surface area (Å²) in [6.45, 7) is 4.39. The summed E-state index contributed by atoms with van der Waals surface area (Å²) in [5.41, 5.74) is 3.75. The van der Waals surface area contributed by atoms with E-state index in [4.69, 9.17) is 0 Å². The minimum absolute atomic E-state index is 0.124. The molecular weight excluding hydrogens is 402 g/mol. The summed E-state index contributed by atoms with van der Waals surface area (Å²) in [4.78, 5) is 26.4. The number of amides is 2. The van der Waals surface area contributed by atoms with E-state index in [2.05, 4.69) is 5.32 Å². The molecule has 160 valence electrons. The lowest BCUT2D eigenvalue weighted by atomic mass is 10.1. The van der Waals surface area contributed by atoms with Crippen molar-refractivity contribution in [1.82, 2.24) is 4.31 Å². The number of sulfonamides is 1. The van der Waals surface area contributed by atoms with Gasteiger partial charge in [-0.15, -0.1) is 0 Å². The van der Waals surface area contributed by atoms with Gasteiger partial charge in [0.25, 0.3) is 0 Å². The van der Waals surface area contributed by atoms with E-state index in [1.54, 1.807) is 11.0 Å². The Bertz CT molecular complexity index is 1080. The Morgan fingerprint density at radius 2 is 1.80 bits per heavy atom. The maximum atomic E-state index is 12.6. The summed E-state index contributed by atoms with van der Waals surface area (Å²) >= 11 is 0. The largest absolute Gasteiger partial charge is 0.326 e. The normalized spacial score (nSPS) is 14.4. The van der Waals surface area contributed by atoms with Gasteiger partial charge in [-0.1, -0.05) is 12.1 Å². The zero-order chi connectivity index (χ0) is 22.1. The number of nitrogens with one attached hydrogen (secondary N) is 1. The van der Waals surface area contributed by atoms with Crippen LogP contribution in [-0.2, 0) is 26.0 Å². The van der Waals surface area contributed by atoms with E-state index in [-0.39, 0.29) is 23.1 Å². The molecule has 1 fully saturated rings. The Morgan fingerprint density at radius 3 is 2.37 bits per heavy atom. The first-order chi connectivity index (χ1) is 14.1. The second kappa shape index (κ2) is 8.57. The fourth-order valence-corrected chi connectivity index (χ4v) is 4.42. The van der Waals surface area contributed by atoms with Gasteiger partial charge >= 0.3 is 0 Å². The van der Waals surface area contributed by atoms with Crippen molar-refractivity contribution >= 4 is 33.2 Å². The van der Waals surface area contributed by atoms with Gasteiger partial charge in [0.15, 0.2) is 0 Å². The summed E-state index contributed by atoms with van der Waals surface area (Å²) in [7, 11) is -0.652. The third-order valence-corrected chi connectivity index (χ3v) is 7.17. The fraction of sp³-hybridized carbons (Fsp3) is 0.364. The van der Waals surface area contributed by atoms with E-state index in [0.29, 0.717) is 12.1 Å². The van der Waals surface area contributed by atoms with Crippen LogP contribution < -0.4 is 10.2 Å². The van der Waals surface area contributed by atoms with Crippen molar-refractivity contribution in [3.05, 3.63) is 53.1 Å². The monoisotopic (exact) mass is 429 g/mol. The van der Waals surface area contributed by atoms with E-state index in [9.17, 15) is 18.0 Å². The zero-order valence-corrected chi connectivity index (χ0v) is 18.5. The highest BCUT2D eigenvalue weighted by molar-refractivity contribution is 7.89. The number of aryl methyl sites for hydroxylation is 1. The molecule has 0 radical (unpaired) electrons. The molecule has 0 atom stereocenters. The highest BCUT2D eigenvalue weighted by Crippen LogP contribution is 2.26. The standard InChI is InChI=1S/C22H27N3O4S/c1-15-12-19(30(28,29)24(3)4)14-20(16(15)2)23-21(26)13-17-7-9-18(10-8-17)25-11-5-6-22(25)27/h7-10,12,14H,5-6,11,13H2,1-4H3,(H,23,26). The van der Waals surface area contributed by atoms with Gasteiger partial charge in [-0.05, 0) is 61.2 Å². The number of rotatable bonds is 6. The Hall–Kier alpha value is -2.71. The number of nitrogens with zero attached hydrogens (tertiary/aromatic N) is 2. The molecule has 2 aromatic rings. The lowest BCUT2D eigenvalue weighted by molar-refractivity contribution is -0.117. The lowest BCUT2D eigenvalue weighted by Crippen LogP contribution is -2.23. The summed E-state index contributed by atoms with van der Waals surface area (Å²) in [6, 6.07) is 10.5. The Balaban J connectivity index is 1.75. The van der Waals surface area contributed by atoms with Gasteiger partial charge in [0.1, 0.15) is 0 Å². The molecule has 0 aliphatic carbocycles. The van der Waals surface area contributed by atoms with Crippen molar-refractivity contribution < 1.29 is 18.0 Å². The molecule has 1 aliphatic rings. The van der Waals surface area contributed by atoms with Crippen molar-refractivity contribution in [3.8, 4) is 0 Å². The summed E-state index contributed by atoms with van der Waals surface area (Å²) in [5, 5.41) is 2.84. The molecule has 2 amide bonds. The number of hydrogen-bond acceptors (Lipinski definition) is 4. The second-order valence-corrected chi connectivity index (χ2v) is 9.89. The number of benzene rings is 2. The van der Waals surface area contributed by atoms with Crippen molar-refractivity contribution in [2.75, 3.05) is 30.9 Å². The van der Waals surface area contributed by atoms with Crippen LogP contribution in [0.4, 0.5) is 11.4 Å². The maximum Gasteiger partial charge on any atom is 0.242 e. The molecular formula is C22H27N3O4S. The van der Waals surface area contributed by atoms with Gasteiger partial charge in [-0.3, -0.25) is 9.59 Å². The zero-order valence-electron chi connectivity index (χ0n) is 17.7. The molecule has 1 N–H and O–H groups in total. The first-order valence-electron chi connectivity index (χ1n) is 9.82. The SMILES string of the molecule is Cc1cc(S(=O)(=O)N(C)C)cc(NC(=O)Cc2ccc(N3CCCC3=O)cc2)c1C. The molecule has 1 aliphatic heterocycles. The first-order valence-corrected chi connectivity index (χ1v) is 11.3. The summed E-state index contributed by atoms with van der Waals surface area (Å²) < 4.78 is 26.1. The van der Waals surface area contributed by atoms with Crippen LogP contribution in [-0.4, -0.2) is 45.2 Å². The van der Waals surface area contributed by atoms with Crippen LogP contribution >= 0.6 is 0 Å². The second-order valence-electron chi connectivity index (χ2n) is 7.74. The van der Waals surface area contributed by atoms with Gasteiger partial charge in [0, 0.05) is 38.4 Å². The Kier molecular flexibility index (Phi) is 6.28. The molecule has 0 spiro atoms. The van der Waals surface area contributed by atoms with Crippen molar-refractivity contribution in [3.63, 3.8) is 0 Å². The number of carbonyl (C=O) groups is 2. The average molecular weight is 430 g/mol. The van der Waals surface area contributed by atoms with Gasteiger partial charge in [-0.2, -0.15) is 0 Å². The molecule has 0 bridgehead atoms. The lowest BCUT2D eigenvalue weighted by Gasteiger charge is -2.17. The van der Waals surface area contributed by atoms with Crippen LogP contribution in [0.15, 0.2) is 41.3 Å². The molecule has 0 aromatic heterocycles. The number of anilines is 2. The quantitative estimate of drug-likeness (QED) is 0.765. The van der Waals surface area contributed by atoms with Crippen LogP contribution in [0.2, 0.25) is 0 Å². The van der Waals surface area contributed by atoms with Crippen LogP contribution in [0.5, 0.6) is 0 Å². The Labute approximate surface area is 177 Å². The first kappa shape index (κ1) is 22.0. The minimum Gasteiger partial charge on any atom is -0.326 e. The number of hydrogen-bond donors (Lipinski definition) is 1. The van der Waals surface area contributed by atoms with Crippen LogP contribution in [0.25, 0.3) is 0 Å². The van der Waals surface area contributed by atoms with Crippen molar-refractivity contribution in [1.29, 1.82) is 0 Å². The van der Waals surface area contributed by atoms with Gasteiger partial charge in [-0.25, -0.2) is 12.7 Å². The van der Waals surface area contributed by atoms with Crippen LogP contribution in [0.3, 0.4) is 0 Å².